The molecule has 4 nitrogen and oxygen atoms in total. The molecule has 0 aliphatic heterocycles. The molecule has 1 rings (SSSR count). The zero-order valence-corrected chi connectivity index (χ0v) is 11.8. The van der Waals surface area contributed by atoms with E-state index in [0.29, 0.717) is 19.0 Å². The van der Waals surface area contributed by atoms with Gasteiger partial charge in [0.1, 0.15) is 0 Å². The topological polar surface area (TPSA) is 58.2 Å². The SMILES string of the molecule is Cc1ccc(CNC(=O)C(=O)NCCC(C)C)cc1. The third-order valence-electron chi connectivity index (χ3n) is 2.79. The van der Waals surface area contributed by atoms with Crippen molar-refractivity contribution in [2.45, 2.75) is 33.7 Å². The Morgan fingerprint density at radius 1 is 1.05 bits per heavy atom. The molecule has 4 heteroatoms. The van der Waals surface area contributed by atoms with Crippen molar-refractivity contribution in [3.8, 4) is 0 Å². The van der Waals surface area contributed by atoms with Gasteiger partial charge in [0.15, 0.2) is 0 Å². The molecule has 0 unspecified atom stereocenters. The highest BCUT2D eigenvalue weighted by Gasteiger charge is 2.12. The van der Waals surface area contributed by atoms with Crippen molar-refractivity contribution in [1.82, 2.24) is 10.6 Å². The molecule has 0 saturated heterocycles. The Balaban J connectivity index is 2.30. The molecule has 0 aromatic heterocycles. The summed E-state index contributed by atoms with van der Waals surface area (Å²) in [5, 5.41) is 5.21. The summed E-state index contributed by atoms with van der Waals surface area (Å²) in [6.45, 7) is 7.06. The Kier molecular flexibility index (Phi) is 6.06. The van der Waals surface area contributed by atoms with E-state index < -0.39 is 11.8 Å². The molecular weight excluding hydrogens is 240 g/mol. The second kappa shape index (κ2) is 7.56. The zero-order valence-electron chi connectivity index (χ0n) is 11.8. The zero-order chi connectivity index (χ0) is 14.3. The monoisotopic (exact) mass is 262 g/mol. The van der Waals surface area contributed by atoms with Crippen molar-refractivity contribution >= 4 is 11.8 Å². The smallest absolute Gasteiger partial charge is 0.309 e. The molecule has 19 heavy (non-hydrogen) atoms. The lowest BCUT2D eigenvalue weighted by Gasteiger charge is -2.08. The van der Waals surface area contributed by atoms with E-state index in [1.807, 2.05) is 31.2 Å². The predicted octanol–water partition coefficient (Wildman–Crippen LogP) is 1.77. The maximum atomic E-state index is 11.5. The van der Waals surface area contributed by atoms with Crippen LogP contribution in [0, 0.1) is 12.8 Å². The van der Waals surface area contributed by atoms with E-state index >= 15 is 0 Å². The Hall–Kier alpha value is -1.84. The molecule has 1 aromatic carbocycles. The van der Waals surface area contributed by atoms with Gasteiger partial charge in [-0.2, -0.15) is 0 Å². The molecule has 0 fully saturated rings. The van der Waals surface area contributed by atoms with Crippen LogP contribution >= 0.6 is 0 Å². The van der Waals surface area contributed by atoms with Crippen molar-refractivity contribution in [2.75, 3.05) is 6.54 Å². The van der Waals surface area contributed by atoms with Crippen LogP contribution in [0.25, 0.3) is 0 Å². The van der Waals surface area contributed by atoms with Crippen LogP contribution in [0.15, 0.2) is 24.3 Å². The van der Waals surface area contributed by atoms with Crippen molar-refractivity contribution < 1.29 is 9.59 Å². The number of rotatable bonds is 5. The van der Waals surface area contributed by atoms with E-state index in [0.717, 1.165) is 12.0 Å². The number of carbonyl (C=O) groups excluding carboxylic acids is 2. The molecule has 104 valence electrons. The number of benzene rings is 1. The second-order valence-corrected chi connectivity index (χ2v) is 5.11. The third-order valence-corrected chi connectivity index (χ3v) is 2.79. The molecule has 0 aliphatic carbocycles. The summed E-state index contributed by atoms with van der Waals surface area (Å²) >= 11 is 0. The maximum absolute atomic E-state index is 11.5. The van der Waals surface area contributed by atoms with Crippen molar-refractivity contribution in [3.63, 3.8) is 0 Å². The number of hydrogen-bond acceptors (Lipinski definition) is 2. The lowest BCUT2D eigenvalue weighted by atomic mass is 10.1. The van der Waals surface area contributed by atoms with Crippen LogP contribution < -0.4 is 10.6 Å². The highest BCUT2D eigenvalue weighted by Crippen LogP contribution is 2.02. The van der Waals surface area contributed by atoms with Gasteiger partial charge >= 0.3 is 11.8 Å². The van der Waals surface area contributed by atoms with Gasteiger partial charge in [-0.3, -0.25) is 9.59 Å². The minimum Gasteiger partial charge on any atom is -0.348 e. The molecule has 0 atom stereocenters. The first kappa shape index (κ1) is 15.2. The van der Waals surface area contributed by atoms with Gasteiger partial charge in [0.2, 0.25) is 0 Å². The largest absolute Gasteiger partial charge is 0.348 e. The van der Waals surface area contributed by atoms with Gasteiger partial charge in [0.25, 0.3) is 0 Å². The molecule has 0 bridgehead atoms. The van der Waals surface area contributed by atoms with Crippen LogP contribution in [0.4, 0.5) is 0 Å². The van der Waals surface area contributed by atoms with Gasteiger partial charge in [0.05, 0.1) is 0 Å². The quantitative estimate of drug-likeness (QED) is 0.795. The fourth-order valence-corrected chi connectivity index (χ4v) is 1.52. The van der Waals surface area contributed by atoms with E-state index in [4.69, 9.17) is 0 Å². The van der Waals surface area contributed by atoms with Crippen molar-refractivity contribution in [1.29, 1.82) is 0 Å². The van der Waals surface area contributed by atoms with Crippen LogP contribution in [0.5, 0.6) is 0 Å². The average Bonchev–Trinajstić information content (AvgIpc) is 2.37. The van der Waals surface area contributed by atoms with E-state index in [9.17, 15) is 9.59 Å². The summed E-state index contributed by atoms with van der Waals surface area (Å²) in [7, 11) is 0. The predicted molar refractivity (Wildman–Crippen MR) is 75.5 cm³/mol. The minimum absolute atomic E-state index is 0.372. The van der Waals surface area contributed by atoms with Crippen LogP contribution in [-0.2, 0) is 16.1 Å². The van der Waals surface area contributed by atoms with Crippen molar-refractivity contribution in [2.24, 2.45) is 5.92 Å². The first-order valence-corrected chi connectivity index (χ1v) is 6.60. The summed E-state index contributed by atoms with van der Waals surface area (Å²) in [6, 6.07) is 7.83. The highest BCUT2D eigenvalue weighted by atomic mass is 16.2. The van der Waals surface area contributed by atoms with Gasteiger partial charge in [-0.1, -0.05) is 43.7 Å². The van der Waals surface area contributed by atoms with Gasteiger partial charge in [-0.15, -0.1) is 0 Å². The number of carbonyl (C=O) groups is 2. The Bertz CT molecular complexity index is 424. The first-order chi connectivity index (χ1) is 8.99. The maximum Gasteiger partial charge on any atom is 0.309 e. The molecule has 0 heterocycles. The lowest BCUT2D eigenvalue weighted by molar-refractivity contribution is -0.139. The van der Waals surface area contributed by atoms with E-state index in [1.54, 1.807) is 0 Å². The molecule has 1 aromatic rings. The van der Waals surface area contributed by atoms with Gasteiger partial charge in [-0.25, -0.2) is 0 Å². The van der Waals surface area contributed by atoms with Crippen LogP contribution in [0.3, 0.4) is 0 Å². The summed E-state index contributed by atoms with van der Waals surface area (Å²) in [6.07, 6.45) is 0.872. The Labute approximate surface area is 114 Å². The molecule has 0 aliphatic rings. The summed E-state index contributed by atoms with van der Waals surface area (Å²) < 4.78 is 0. The summed E-state index contributed by atoms with van der Waals surface area (Å²) in [4.78, 5) is 23.0. The Morgan fingerprint density at radius 2 is 1.63 bits per heavy atom. The summed E-state index contributed by atoms with van der Waals surface area (Å²) in [5.74, 6) is -0.631. The summed E-state index contributed by atoms with van der Waals surface area (Å²) in [5.41, 5.74) is 2.15. The fourth-order valence-electron chi connectivity index (χ4n) is 1.52. The molecule has 0 spiro atoms. The standard InChI is InChI=1S/C15H22N2O2/c1-11(2)8-9-16-14(18)15(19)17-10-13-6-4-12(3)5-7-13/h4-7,11H,8-10H2,1-3H3,(H,16,18)(H,17,19). The number of nitrogens with one attached hydrogen (secondary N) is 2. The molecular formula is C15H22N2O2. The van der Waals surface area contributed by atoms with Gasteiger partial charge in [-0.05, 0) is 24.8 Å². The molecule has 0 radical (unpaired) electrons. The van der Waals surface area contributed by atoms with Gasteiger partial charge in [0, 0.05) is 13.1 Å². The second-order valence-electron chi connectivity index (χ2n) is 5.11. The van der Waals surface area contributed by atoms with Crippen LogP contribution in [0.1, 0.15) is 31.4 Å². The van der Waals surface area contributed by atoms with Crippen LogP contribution in [-0.4, -0.2) is 18.4 Å². The van der Waals surface area contributed by atoms with Gasteiger partial charge < -0.3 is 10.6 Å². The van der Waals surface area contributed by atoms with E-state index in [-0.39, 0.29) is 0 Å². The molecule has 0 saturated carbocycles. The normalized spacial score (nSPS) is 10.3. The number of aryl methyl sites for hydroxylation is 1. The third kappa shape index (κ3) is 6.04. The highest BCUT2D eigenvalue weighted by molar-refractivity contribution is 6.35. The van der Waals surface area contributed by atoms with E-state index in [1.165, 1.54) is 5.56 Å². The Morgan fingerprint density at radius 3 is 2.21 bits per heavy atom. The van der Waals surface area contributed by atoms with E-state index in [2.05, 4.69) is 24.5 Å². The molecule has 2 amide bonds. The first-order valence-electron chi connectivity index (χ1n) is 6.60. The minimum atomic E-state index is -0.579. The fraction of sp³-hybridized carbons (Fsp3) is 0.467. The number of hydrogen-bond donors (Lipinski definition) is 2. The lowest BCUT2D eigenvalue weighted by Crippen LogP contribution is -2.40. The van der Waals surface area contributed by atoms with Crippen molar-refractivity contribution in [3.05, 3.63) is 35.4 Å². The molecule has 2 N–H and O–H groups in total. The van der Waals surface area contributed by atoms with Crippen LogP contribution in [0.2, 0.25) is 0 Å². The number of amides is 2. The average molecular weight is 262 g/mol.